The summed E-state index contributed by atoms with van der Waals surface area (Å²) < 4.78 is 2.02. The van der Waals surface area contributed by atoms with Crippen LogP contribution in [-0.2, 0) is 19.4 Å². The highest BCUT2D eigenvalue weighted by molar-refractivity contribution is 5.32. The van der Waals surface area contributed by atoms with E-state index >= 15 is 0 Å². The first kappa shape index (κ1) is 15.1. The summed E-state index contributed by atoms with van der Waals surface area (Å²) in [6.45, 7) is 11.8. The van der Waals surface area contributed by atoms with E-state index in [0.717, 1.165) is 43.6 Å². The molecular formula is C15H28N2O. The Labute approximate surface area is 111 Å². The fourth-order valence-corrected chi connectivity index (χ4v) is 2.14. The van der Waals surface area contributed by atoms with E-state index in [9.17, 15) is 5.11 Å². The standard InChI is InChI=1S/C15H28N2O/c1-6-7-8-13-15(18)14(9-11(2)3)17(16-13)10-12(4)5/h11-12,18H,6-10H2,1-5H3. The molecule has 0 aromatic carbocycles. The molecule has 1 aromatic rings. The SMILES string of the molecule is CCCCc1nn(CC(C)C)c(CC(C)C)c1O. The lowest BCUT2D eigenvalue weighted by Gasteiger charge is -2.11. The Bertz CT molecular complexity index is 367. The summed E-state index contributed by atoms with van der Waals surface area (Å²) in [6.07, 6.45) is 4.01. The van der Waals surface area contributed by atoms with Crippen molar-refractivity contribution in [2.24, 2.45) is 11.8 Å². The fourth-order valence-electron chi connectivity index (χ4n) is 2.14. The zero-order valence-corrected chi connectivity index (χ0v) is 12.5. The number of aryl methyl sites for hydroxylation is 1. The number of unbranched alkanes of at least 4 members (excludes halogenated alkanes) is 1. The van der Waals surface area contributed by atoms with E-state index in [1.54, 1.807) is 0 Å². The minimum absolute atomic E-state index is 0.442. The molecule has 0 radical (unpaired) electrons. The molecule has 0 aliphatic rings. The van der Waals surface area contributed by atoms with Crippen molar-refractivity contribution in [1.82, 2.24) is 9.78 Å². The summed E-state index contributed by atoms with van der Waals surface area (Å²) >= 11 is 0. The van der Waals surface area contributed by atoms with Gasteiger partial charge in [0.05, 0.1) is 5.69 Å². The molecule has 0 amide bonds. The van der Waals surface area contributed by atoms with Gasteiger partial charge in [-0.15, -0.1) is 0 Å². The van der Waals surface area contributed by atoms with Gasteiger partial charge in [-0.1, -0.05) is 41.0 Å². The zero-order chi connectivity index (χ0) is 13.7. The quantitative estimate of drug-likeness (QED) is 0.802. The highest BCUT2D eigenvalue weighted by Gasteiger charge is 2.18. The molecule has 0 saturated heterocycles. The number of hydrogen-bond donors (Lipinski definition) is 1. The van der Waals surface area contributed by atoms with Crippen LogP contribution in [0, 0.1) is 11.8 Å². The van der Waals surface area contributed by atoms with E-state index in [1.807, 2.05) is 4.68 Å². The second-order valence-corrected chi connectivity index (χ2v) is 6.02. The van der Waals surface area contributed by atoms with Crippen molar-refractivity contribution in [3.63, 3.8) is 0 Å². The van der Waals surface area contributed by atoms with E-state index in [-0.39, 0.29) is 0 Å². The van der Waals surface area contributed by atoms with Crippen molar-refractivity contribution in [2.75, 3.05) is 0 Å². The molecule has 0 saturated carbocycles. The molecule has 0 aliphatic heterocycles. The minimum Gasteiger partial charge on any atom is -0.504 e. The number of hydrogen-bond acceptors (Lipinski definition) is 2. The molecule has 1 rings (SSSR count). The fraction of sp³-hybridized carbons (Fsp3) is 0.800. The Morgan fingerprint density at radius 2 is 1.83 bits per heavy atom. The van der Waals surface area contributed by atoms with E-state index in [1.165, 1.54) is 0 Å². The maximum absolute atomic E-state index is 10.3. The first-order valence-corrected chi connectivity index (χ1v) is 7.23. The van der Waals surface area contributed by atoms with Gasteiger partial charge in [-0.05, 0) is 31.1 Å². The molecule has 18 heavy (non-hydrogen) atoms. The summed E-state index contributed by atoms with van der Waals surface area (Å²) in [5, 5.41) is 14.9. The Morgan fingerprint density at radius 1 is 1.17 bits per heavy atom. The van der Waals surface area contributed by atoms with Gasteiger partial charge in [0.1, 0.15) is 5.69 Å². The summed E-state index contributed by atoms with van der Waals surface area (Å²) in [4.78, 5) is 0. The lowest BCUT2D eigenvalue weighted by molar-refractivity contribution is 0.432. The first-order valence-electron chi connectivity index (χ1n) is 7.23. The summed E-state index contributed by atoms with van der Waals surface area (Å²) in [6, 6.07) is 0. The molecule has 0 spiro atoms. The second kappa shape index (κ2) is 6.81. The van der Waals surface area contributed by atoms with Crippen LogP contribution in [0.1, 0.15) is 58.8 Å². The van der Waals surface area contributed by atoms with Crippen LogP contribution in [0.3, 0.4) is 0 Å². The van der Waals surface area contributed by atoms with Crippen LogP contribution >= 0.6 is 0 Å². The van der Waals surface area contributed by atoms with E-state index < -0.39 is 0 Å². The maximum Gasteiger partial charge on any atom is 0.160 e. The molecule has 3 nitrogen and oxygen atoms in total. The normalized spacial score (nSPS) is 11.7. The number of nitrogens with zero attached hydrogens (tertiary/aromatic N) is 2. The predicted octanol–water partition coefficient (Wildman–Crippen LogP) is 3.79. The molecular weight excluding hydrogens is 224 g/mol. The van der Waals surface area contributed by atoms with Crippen LogP contribution in [0.2, 0.25) is 0 Å². The molecule has 1 N–H and O–H groups in total. The smallest absolute Gasteiger partial charge is 0.160 e. The van der Waals surface area contributed by atoms with Gasteiger partial charge in [-0.2, -0.15) is 5.10 Å². The van der Waals surface area contributed by atoms with Crippen LogP contribution < -0.4 is 0 Å². The van der Waals surface area contributed by atoms with Gasteiger partial charge in [-0.3, -0.25) is 4.68 Å². The van der Waals surface area contributed by atoms with Crippen molar-refractivity contribution in [3.8, 4) is 5.75 Å². The maximum atomic E-state index is 10.3. The molecule has 1 heterocycles. The lowest BCUT2D eigenvalue weighted by atomic mass is 10.1. The third kappa shape index (κ3) is 4.04. The predicted molar refractivity (Wildman–Crippen MR) is 75.9 cm³/mol. The van der Waals surface area contributed by atoms with Crippen molar-refractivity contribution < 1.29 is 5.11 Å². The monoisotopic (exact) mass is 252 g/mol. The van der Waals surface area contributed by atoms with Gasteiger partial charge in [0.15, 0.2) is 5.75 Å². The molecule has 0 aliphatic carbocycles. The second-order valence-electron chi connectivity index (χ2n) is 6.02. The van der Waals surface area contributed by atoms with Crippen molar-refractivity contribution in [1.29, 1.82) is 0 Å². The summed E-state index contributed by atoms with van der Waals surface area (Å²) in [5.74, 6) is 1.53. The van der Waals surface area contributed by atoms with Gasteiger partial charge >= 0.3 is 0 Å². The van der Waals surface area contributed by atoms with E-state index in [0.29, 0.717) is 17.6 Å². The molecule has 104 valence electrons. The lowest BCUT2D eigenvalue weighted by Crippen LogP contribution is -2.11. The van der Waals surface area contributed by atoms with Crippen LogP contribution in [-0.4, -0.2) is 14.9 Å². The Balaban J connectivity index is 2.97. The van der Waals surface area contributed by atoms with Crippen LogP contribution in [0.5, 0.6) is 5.75 Å². The Kier molecular flexibility index (Phi) is 5.70. The zero-order valence-electron chi connectivity index (χ0n) is 12.5. The first-order chi connectivity index (χ1) is 8.45. The number of aromatic hydroxyl groups is 1. The van der Waals surface area contributed by atoms with Crippen LogP contribution in [0.4, 0.5) is 0 Å². The van der Waals surface area contributed by atoms with E-state index in [4.69, 9.17) is 0 Å². The average molecular weight is 252 g/mol. The van der Waals surface area contributed by atoms with Crippen LogP contribution in [0.25, 0.3) is 0 Å². The van der Waals surface area contributed by atoms with Gasteiger partial charge < -0.3 is 5.11 Å². The molecule has 0 unspecified atom stereocenters. The molecule has 0 fully saturated rings. The molecule has 1 aromatic heterocycles. The molecule has 0 atom stereocenters. The average Bonchev–Trinajstić information content (AvgIpc) is 2.53. The van der Waals surface area contributed by atoms with Crippen LogP contribution in [0.15, 0.2) is 0 Å². The summed E-state index contributed by atoms with van der Waals surface area (Å²) in [5.41, 5.74) is 1.90. The van der Waals surface area contributed by atoms with Gasteiger partial charge in [0.2, 0.25) is 0 Å². The Morgan fingerprint density at radius 3 is 2.33 bits per heavy atom. The molecule has 0 bridgehead atoms. The van der Waals surface area contributed by atoms with Gasteiger partial charge in [0, 0.05) is 6.54 Å². The molecule has 3 heteroatoms. The third-order valence-corrected chi connectivity index (χ3v) is 3.01. The summed E-state index contributed by atoms with van der Waals surface area (Å²) in [7, 11) is 0. The topological polar surface area (TPSA) is 38.0 Å². The minimum atomic E-state index is 0.442. The number of aromatic nitrogens is 2. The largest absolute Gasteiger partial charge is 0.504 e. The third-order valence-electron chi connectivity index (χ3n) is 3.01. The highest BCUT2D eigenvalue weighted by atomic mass is 16.3. The van der Waals surface area contributed by atoms with Crippen molar-refractivity contribution in [3.05, 3.63) is 11.4 Å². The van der Waals surface area contributed by atoms with E-state index in [2.05, 4.69) is 39.7 Å². The van der Waals surface area contributed by atoms with Crippen molar-refractivity contribution >= 4 is 0 Å². The highest BCUT2D eigenvalue weighted by Crippen LogP contribution is 2.26. The number of rotatable bonds is 7. The van der Waals surface area contributed by atoms with Crippen molar-refractivity contribution in [2.45, 2.75) is 66.8 Å². The Hall–Kier alpha value is -0.990. The van der Waals surface area contributed by atoms with Gasteiger partial charge in [0.25, 0.3) is 0 Å². The van der Waals surface area contributed by atoms with Gasteiger partial charge in [-0.25, -0.2) is 0 Å².